The number of aromatic amines is 1. The molecule has 5 heteroatoms. The van der Waals surface area contributed by atoms with E-state index in [1.165, 1.54) is 6.20 Å². The number of nitrogens with one attached hydrogen (secondary N) is 2. The molecule has 0 aliphatic rings. The van der Waals surface area contributed by atoms with E-state index < -0.39 is 0 Å². The Kier molecular flexibility index (Phi) is 4.83. The van der Waals surface area contributed by atoms with Gasteiger partial charge in [-0.05, 0) is 33.5 Å². The maximum atomic E-state index is 11.2. The molecule has 0 atom stereocenters. The summed E-state index contributed by atoms with van der Waals surface area (Å²) >= 11 is 0. The molecule has 0 saturated carbocycles. The van der Waals surface area contributed by atoms with Crippen molar-refractivity contribution in [2.24, 2.45) is 0 Å². The molecule has 0 aromatic carbocycles. The number of nitrogens with zero attached hydrogens (tertiary/aromatic N) is 2. The number of rotatable bonds is 6. The van der Waals surface area contributed by atoms with Gasteiger partial charge in [0.2, 0.25) is 0 Å². The highest BCUT2D eigenvalue weighted by atomic mass is 16.1. The van der Waals surface area contributed by atoms with Crippen LogP contribution in [0.4, 0.5) is 5.82 Å². The molecule has 1 aromatic heterocycles. The van der Waals surface area contributed by atoms with Gasteiger partial charge in [0.25, 0.3) is 5.56 Å². The highest BCUT2D eigenvalue weighted by Crippen LogP contribution is 1.94. The SMILES string of the molecule is CN(C)CCCCNc1ncc[nH]c1=O. The van der Waals surface area contributed by atoms with E-state index >= 15 is 0 Å². The van der Waals surface area contributed by atoms with Crippen molar-refractivity contribution in [2.45, 2.75) is 12.8 Å². The largest absolute Gasteiger partial charge is 0.365 e. The lowest BCUT2D eigenvalue weighted by atomic mass is 10.3. The maximum Gasteiger partial charge on any atom is 0.290 e. The Morgan fingerprint density at radius 2 is 2.27 bits per heavy atom. The molecule has 2 N–H and O–H groups in total. The van der Waals surface area contributed by atoms with Crippen molar-refractivity contribution in [3.63, 3.8) is 0 Å². The van der Waals surface area contributed by atoms with Gasteiger partial charge in [-0.2, -0.15) is 0 Å². The van der Waals surface area contributed by atoms with E-state index in [0.717, 1.165) is 25.9 Å². The third-order valence-corrected chi connectivity index (χ3v) is 2.03. The van der Waals surface area contributed by atoms with E-state index in [2.05, 4.69) is 34.3 Å². The van der Waals surface area contributed by atoms with Crippen LogP contribution in [0.5, 0.6) is 0 Å². The van der Waals surface area contributed by atoms with Crippen molar-refractivity contribution in [2.75, 3.05) is 32.5 Å². The van der Waals surface area contributed by atoms with Crippen LogP contribution in [0.1, 0.15) is 12.8 Å². The minimum atomic E-state index is -0.162. The minimum Gasteiger partial charge on any atom is -0.365 e. The van der Waals surface area contributed by atoms with Gasteiger partial charge in [-0.15, -0.1) is 0 Å². The molecule has 0 radical (unpaired) electrons. The number of unbranched alkanes of at least 4 members (excludes halogenated alkanes) is 1. The highest BCUT2D eigenvalue weighted by Gasteiger charge is 1.97. The van der Waals surface area contributed by atoms with Crippen LogP contribution < -0.4 is 10.9 Å². The summed E-state index contributed by atoms with van der Waals surface area (Å²) in [5.41, 5.74) is -0.162. The molecule has 1 aromatic rings. The first-order chi connectivity index (χ1) is 7.20. The van der Waals surface area contributed by atoms with Crippen LogP contribution in [0.15, 0.2) is 17.2 Å². The van der Waals surface area contributed by atoms with Crippen molar-refractivity contribution in [3.05, 3.63) is 22.7 Å². The van der Waals surface area contributed by atoms with Crippen LogP contribution >= 0.6 is 0 Å². The lowest BCUT2D eigenvalue weighted by molar-refractivity contribution is 0.396. The van der Waals surface area contributed by atoms with Crippen molar-refractivity contribution in [3.8, 4) is 0 Å². The number of anilines is 1. The molecule has 1 rings (SSSR count). The Morgan fingerprint density at radius 3 is 2.93 bits per heavy atom. The standard InChI is InChI=1S/C10H18N4O/c1-14(2)8-4-3-5-11-9-10(15)13-7-6-12-9/h6-7H,3-5,8H2,1-2H3,(H,11,12)(H,13,15). The number of H-pyrrole nitrogens is 1. The second-order valence-electron chi connectivity index (χ2n) is 3.70. The summed E-state index contributed by atoms with van der Waals surface area (Å²) in [7, 11) is 4.10. The zero-order chi connectivity index (χ0) is 11.1. The molecule has 15 heavy (non-hydrogen) atoms. The summed E-state index contributed by atoms with van der Waals surface area (Å²) in [5.74, 6) is 0.405. The molecule has 0 aliphatic heterocycles. The smallest absolute Gasteiger partial charge is 0.290 e. The molecule has 0 amide bonds. The van der Waals surface area contributed by atoms with Crippen LogP contribution in [0, 0.1) is 0 Å². The summed E-state index contributed by atoms with van der Waals surface area (Å²) in [6.07, 6.45) is 5.25. The van der Waals surface area contributed by atoms with Gasteiger partial charge in [0.1, 0.15) is 0 Å². The second-order valence-corrected chi connectivity index (χ2v) is 3.70. The van der Waals surface area contributed by atoms with Gasteiger partial charge in [-0.3, -0.25) is 4.79 Å². The lowest BCUT2D eigenvalue weighted by Gasteiger charge is -2.09. The van der Waals surface area contributed by atoms with Crippen LogP contribution in [0.25, 0.3) is 0 Å². The molecule has 0 saturated heterocycles. The second kappa shape index (κ2) is 6.19. The summed E-state index contributed by atoms with van der Waals surface area (Å²) in [5, 5.41) is 3.01. The Hall–Kier alpha value is -1.36. The molecular formula is C10H18N4O. The first-order valence-corrected chi connectivity index (χ1v) is 5.12. The van der Waals surface area contributed by atoms with Gasteiger partial charge in [-0.25, -0.2) is 4.98 Å². The van der Waals surface area contributed by atoms with E-state index in [1.807, 2.05) is 0 Å². The average Bonchev–Trinajstić information content (AvgIpc) is 2.20. The topological polar surface area (TPSA) is 61.0 Å². The fourth-order valence-corrected chi connectivity index (χ4v) is 1.24. The van der Waals surface area contributed by atoms with Crippen LogP contribution in [-0.4, -0.2) is 42.1 Å². The van der Waals surface area contributed by atoms with E-state index in [1.54, 1.807) is 6.20 Å². The zero-order valence-corrected chi connectivity index (χ0v) is 9.29. The molecule has 0 bridgehead atoms. The van der Waals surface area contributed by atoms with Gasteiger partial charge >= 0.3 is 0 Å². The molecule has 0 aliphatic carbocycles. The lowest BCUT2D eigenvalue weighted by Crippen LogP contribution is -2.17. The average molecular weight is 210 g/mol. The first kappa shape index (κ1) is 11.7. The monoisotopic (exact) mass is 210 g/mol. The van der Waals surface area contributed by atoms with E-state index in [4.69, 9.17) is 0 Å². The van der Waals surface area contributed by atoms with E-state index in [9.17, 15) is 4.79 Å². The molecule has 1 heterocycles. The molecule has 0 spiro atoms. The molecular weight excluding hydrogens is 192 g/mol. The van der Waals surface area contributed by atoms with E-state index in [0.29, 0.717) is 5.82 Å². The summed E-state index contributed by atoms with van der Waals surface area (Å²) in [4.78, 5) is 19.9. The molecule has 84 valence electrons. The molecule has 5 nitrogen and oxygen atoms in total. The van der Waals surface area contributed by atoms with Crippen LogP contribution in [-0.2, 0) is 0 Å². The van der Waals surface area contributed by atoms with Gasteiger partial charge in [0.15, 0.2) is 5.82 Å². The third-order valence-electron chi connectivity index (χ3n) is 2.03. The number of hydrogen-bond donors (Lipinski definition) is 2. The predicted molar refractivity (Wildman–Crippen MR) is 61.1 cm³/mol. The Morgan fingerprint density at radius 1 is 1.47 bits per heavy atom. The highest BCUT2D eigenvalue weighted by molar-refractivity contribution is 5.29. The van der Waals surface area contributed by atoms with Crippen molar-refractivity contribution in [1.82, 2.24) is 14.9 Å². The van der Waals surface area contributed by atoms with Crippen LogP contribution in [0.3, 0.4) is 0 Å². The fourth-order valence-electron chi connectivity index (χ4n) is 1.24. The molecule has 0 fully saturated rings. The van der Waals surface area contributed by atoms with Gasteiger partial charge < -0.3 is 15.2 Å². The van der Waals surface area contributed by atoms with Crippen molar-refractivity contribution < 1.29 is 0 Å². The van der Waals surface area contributed by atoms with Gasteiger partial charge in [-0.1, -0.05) is 0 Å². The minimum absolute atomic E-state index is 0.162. The summed E-state index contributed by atoms with van der Waals surface area (Å²) < 4.78 is 0. The molecule has 0 unspecified atom stereocenters. The predicted octanol–water partition coefficient (Wildman–Crippen LogP) is 0.524. The van der Waals surface area contributed by atoms with Gasteiger partial charge in [0, 0.05) is 18.9 Å². The normalized spacial score (nSPS) is 10.6. The number of hydrogen-bond acceptors (Lipinski definition) is 4. The Balaban J connectivity index is 2.21. The first-order valence-electron chi connectivity index (χ1n) is 5.12. The summed E-state index contributed by atoms with van der Waals surface area (Å²) in [6.45, 7) is 1.86. The maximum absolute atomic E-state index is 11.2. The van der Waals surface area contributed by atoms with Crippen LogP contribution in [0.2, 0.25) is 0 Å². The number of aromatic nitrogens is 2. The van der Waals surface area contributed by atoms with Crippen molar-refractivity contribution >= 4 is 5.82 Å². The summed E-state index contributed by atoms with van der Waals surface area (Å²) in [6, 6.07) is 0. The Bertz CT molecular complexity index is 334. The van der Waals surface area contributed by atoms with E-state index in [-0.39, 0.29) is 5.56 Å². The fraction of sp³-hybridized carbons (Fsp3) is 0.600. The Labute approximate surface area is 89.5 Å². The van der Waals surface area contributed by atoms with Gasteiger partial charge in [0.05, 0.1) is 0 Å². The van der Waals surface area contributed by atoms with Crippen molar-refractivity contribution in [1.29, 1.82) is 0 Å². The quantitative estimate of drug-likeness (QED) is 0.672. The third kappa shape index (κ3) is 4.60. The zero-order valence-electron chi connectivity index (χ0n) is 9.29.